The average molecular weight is 391 g/mol. The average Bonchev–Trinajstić information content (AvgIpc) is 3.16. The molecule has 7 heteroatoms. The molecule has 150 valence electrons. The molecule has 1 amide bonds. The van der Waals surface area contributed by atoms with Crippen LogP contribution >= 0.6 is 0 Å². The molecule has 29 heavy (non-hydrogen) atoms. The van der Waals surface area contributed by atoms with Gasteiger partial charge in [-0.05, 0) is 38.0 Å². The van der Waals surface area contributed by atoms with Crippen LogP contribution in [0.2, 0.25) is 0 Å². The summed E-state index contributed by atoms with van der Waals surface area (Å²) in [4.78, 5) is 19.3. The predicted molar refractivity (Wildman–Crippen MR) is 112 cm³/mol. The number of carbonyl (C=O) groups is 1. The second kappa shape index (κ2) is 8.34. The van der Waals surface area contributed by atoms with Crippen LogP contribution in [0.25, 0.3) is 5.69 Å². The van der Waals surface area contributed by atoms with Gasteiger partial charge in [-0.25, -0.2) is 9.67 Å². The highest BCUT2D eigenvalue weighted by Crippen LogP contribution is 2.21. The number of nitrogens with zero attached hydrogens (tertiary/aromatic N) is 4. The lowest BCUT2D eigenvalue weighted by atomic mass is 10.0. The number of nitrogens with one attached hydrogen (secondary N) is 1. The molecule has 2 aromatic heterocycles. The van der Waals surface area contributed by atoms with E-state index in [1.54, 1.807) is 19.5 Å². The molecule has 1 fully saturated rings. The lowest BCUT2D eigenvalue weighted by molar-refractivity contribution is 0.0717. The van der Waals surface area contributed by atoms with E-state index in [0.29, 0.717) is 18.7 Å². The van der Waals surface area contributed by atoms with E-state index in [2.05, 4.69) is 15.4 Å². The number of ether oxygens (including phenoxy) is 1. The van der Waals surface area contributed by atoms with Crippen LogP contribution in [0.15, 0.2) is 54.9 Å². The van der Waals surface area contributed by atoms with Gasteiger partial charge in [0.2, 0.25) is 0 Å². The molecule has 1 N–H and O–H groups in total. The number of carbonyl (C=O) groups excluding carboxylic acids is 1. The number of para-hydroxylation sites is 1. The summed E-state index contributed by atoms with van der Waals surface area (Å²) in [7, 11) is 1.64. The number of piperidine rings is 1. The maximum absolute atomic E-state index is 13.0. The molecule has 0 radical (unpaired) electrons. The van der Waals surface area contributed by atoms with Gasteiger partial charge in [-0.1, -0.05) is 18.2 Å². The van der Waals surface area contributed by atoms with E-state index in [-0.39, 0.29) is 11.9 Å². The fourth-order valence-corrected chi connectivity index (χ4v) is 3.67. The molecule has 0 spiro atoms. The largest absolute Gasteiger partial charge is 0.497 e. The number of hydrogen-bond donors (Lipinski definition) is 1. The molecule has 1 saturated heterocycles. The molecule has 7 nitrogen and oxygen atoms in total. The first-order valence-electron chi connectivity index (χ1n) is 9.81. The lowest BCUT2D eigenvalue weighted by Gasteiger charge is -2.32. The van der Waals surface area contributed by atoms with Gasteiger partial charge in [0.05, 0.1) is 30.3 Å². The fourth-order valence-electron chi connectivity index (χ4n) is 3.67. The van der Waals surface area contributed by atoms with Crippen molar-refractivity contribution in [2.24, 2.45) is 0 Å². The number of hydrogen-bond acceptors (Lipinski definition) is 5. The van der Waals surface area contributed by atoms with Crippen LogP contribution in [0.3, 0.4) is 0 Å². The van der Waals surface area contributed by atoms with Crippen molar-refractivity contribution in [1.29, 1.82) is 0 Å². The SMILES string of the molecule is COc1ccnc(NC2CCN(C(=O)c3cnn(-c4ccccc4)c3C)CC2)c1. The van der Waals surface area contributed by atoms with Crippen LogP contribution < -0.4 is 10.1 Å². The van der Waals surface area contributed by atoms with Gasteiger partial charge in [-0.3, -0.25) is 4.79 Å². The van der Waals surface area contributed by atoms with Crippen LogP contribution in [-0.2, 0) is 0 Å². The van der Waals surface area contributed by atoms with Gasteiger partial charge >= 0.3 is 0 Å². The minimum Gasteiger partial charge on any atom is -0.497 e. The third-order valence-electron chi connectivity index (χ3n) is 5.34. The molecule has 0 bridgehead atoms. The van der Waals surface area contributed by atoms with Crippen molar-refractivity contribution in [1.82, 2.24) is 19.7 Å². The number of anilines is 1. The first-order valence-corrected chi connectivity index (χ1v) is 9.81. The van der Waals surface area contributed by atoms with Crippen LogP contribution in [0, 0.1) is 6.92 Å². The monoisotopic (exact) mass is 391 g/mol. The van der Waals surface area contributed by atoms with Crippen LogP contribution in [0.1, 0.15) is 28.9 Å². The minimum absolute atomic E-state index is 0.0441. The Morgan fingerprint density at radius 1 is 1.17 bits per heavy atom. The second-order valence-electron chi connectivity index (χ2n) is 7.18. The summed E-state index contributed by atoms with van der Waals surface area (Å²) in [6.45, 7) is 3.35. The zero-order valence-electron chi connectivity index (χ0n) is 16.7. The van der Waals surface area contributed by atoms with Gasteiger partial charge in [0.25, 0.3) is 5.91 Å². The smallest absolute Gasteiger partial charge is 0.257 e. The quantitative estimate of drug-likeness (QED) is 0.723. The van der Waals surface area contributed by atoms with E-state index in [4.69, 9.17) is 4.74 Å². The molecule has 3 heterocycles. The molecule has 0 aliphatic carbocycles. The molecule has 1 aliphatic rings. The molecular weight excluding hydrogens is 366 g/mol. The molecule has 3 aromatic rings. The molecule has 1 aliphatic heterocycles. The lowest BCUT2D eigenvalue weighted by Crippen LogP contribution is -2.42. The Morgan fingerprint density at radius 3 is 2.66 bits per heavy atom. The second-order valence-corrected chi connectivity index (χ2v) is 7.18. The maximum Gasteiger partial charge on any atom is 0.257 e. The highest BCUT2D eigenvalue weighted by atomic mass is 16.5. The van der Waals surface area contributed by atoms with Crippen molar-refractivity contribution in [3.8, 4) is 11.4 Å². The zero-order chi connectivity index (χ0) is 20.2. The minimum atomic E-state index is 0.0441. The van der Waals surface area contributed by atoms with Crippen molar-refractivity contribution in [3.05, 3.63) is 66.1 Å². The molecule has 1 aromatic carbocycles. The summed E-state index contributed by atoms with van der Waals surface area (Å²) in [5.74, 6) is 1.62. The van der Waals surface area contributed by atoms with Gasteiger partial charge in [0.15, 0.2) is 0 Å². The first kappa shape index (κ1) is 19.0. The predicted octanol–water partition coefficient (Wildman–Crippen LogP) is 3.30. The summed E-state index contributed by atoms with van der Waals surface area (Å²) in [6, 6.07) is 13.9. The maximum atomic E-state index is 13.0. The highest BCUT2D eigenvalue weighted by Gasteiger charge is 2.26. The van der Waals surface area contributed by atoms with Crippen LogP contribution in [0.5, 0.6) is 5.75 Å². The Kier molecular flexibility index (Phi) is 5.46. The molecule has 4 rings (SSSR count). The Bertz CT molecular complexity index is 978. The summed E-state index contributed by atoms with van der Waals surface area (Å²) < 4.78 is 7.06. The number of rotatable bonds is 5. The Hall–Kier alpha value is -3.35. The van der Waals surface area contributed by atoms with Crippen molar-refractivity contribution in [3.63, 3.8) is 0 Å². The summed E-state index contributed by atoms with van der Waals surface area (Å²) in [6.07, 6.45) is 5.15. The number of likely N-dealkylation sites (tertiary alicyclic amines) is 1. The van der Waals surface area contributed by atoms with Crippen molar-refractivity contribution in [2.45, 2.75) is 25.8 Å². The van der Waals surface area contributed by atoms with Crippen molar-refractivity contribution >= 4 is 11.7 Å². The number of amides is 1. The van der Waals surface area contributed by atoms with Gasteiger partial charge in [0, 0.05) is 31.4 Å². The van der Waals surface area contributed by atoms with Gasteiger partial charge < -0.3 is 15.0 Å². The molecule has 0 unspecified atom stereocenters. The van der Waals surface area contributed by atoms with E-state index >= 15 is 0 Å². The van der Waals surface area contributed by atoms with Gasteiger partial charge in [-0.2, -0.15) is 5.10 Å². The Balaban J connectivity index is 1.39. The van der Waals surface area contributed by atoms with Gasteiger partial charge in [0.1, 0.15) is 11.6 Å². The fraction of sp³-hybridized carbons (Fsp3) is 0.318. The first-order chi connectivity index (χ1) is 14.2. The highest BCUT2D eigenvalue weighted by molar-refractivity contribution is 5.95. The Morgan fingerprint density at radius 2 is 1.93 bits per heavy atom. The Labute approximate surface area is 170 Å². The molecule has 0 saturated carbocycles. The zero-order valence-corrected chi connectivity index (χ0v) is 16.7. The molecule has 0 atom stereocenters. The number of methoxy groups -OCH3 is 1. The summed E-state index contributed by atoms with van der Waals surface area (Å²) >= 11 is 0. The number of pyridine rings is 1. The van der Waals surface area contributed by atoms with E-state index < -0.39 is 0 Å². The number of aromatic nitrogens is 3. The normalized spacial score (nSPS) is 14.6. The van der Waals surface area contributed by atoms with Gasteiger partial charge in [-0.15, -0.1) is 0 Å². The summed E-state index contributed by atoms with van der Waals surface area (Å²) in [5.41, 5.74) is 2.48. The standard InChI is InChI=1S/C22H25N5O2/c1-16-20(15-24-27(16)18-6-4-3-5-7-18)22(28)26-12-9-17(10-13-26)25-21-14-19(29-2)8-11-23-21/h3-8,11,14-15,17H,9-10,12-13H2,1-2H3,(H,23,25). The topological polar surface area (TPSA) is 72.3 Å². The third-order valence-corrected chi connectivity index (χ3v) is 5.34. The summed E-state index contributed by atoms with van der Waals surface area (Å²) in [5, 5.41) is 7.87. The van der Waals surface area contributed by atoms with E-state index in [9.17, 15) is 4.79 Å². The van der Waals surface area contributed by atoms with Crippen LogP contribution in [-0.4, -0.2) is 51.8 Å². The molecular formula is C22H25N5O2. The van der Waals surface area contributed by atoms with Crippen molar-refractivity contribution in [2.75, 3.05) is 25.5 Å². The van der Waals surface area contributed by atoms with Crippen LogP contribution in [0.4, 0.5) is 5.82 Å². The van der Waals surface area contributed by atoms with E-state index in [0.717, 1.165) is 35.8 Å². The van der Waals surface area contributed by atoms with E-state index in [1.165, 1.54) is 0 Å². The van der Waals surface area contributed by atoms with Crippen molar-refractivity contribution < 1.29 is 9.53 Å². The number of benzene rings is 1. The van der Waals surface area contributed by atoms with E-state index in [1.807, 2.05) is 59.0 Å². The third kappa shape index (κ3) is 4.08.